The maximum atomic E-state index is 12.5. The Kier molecular flexibility index (Phi) is 10.6. The van der Waals surface area contributed by atoms with Crippen molar-refractivity contribution in [2.45, 2.75) is 37.7 Å². The van der Waals surface area contributed by atoms with Crippen LogP contribution in [0.4, 0.5) is 5.69 Å². The van der Waals surface area contributed by atoms with Crippen molar-refractivity contribution in [3.05, 3.63) is 65.2 Å². The van der Waals surface area contributed by atoms with Gasteiger partial charge in [0.25, 0.3) is 11.8 Å². The molecule has 4 rings (SSSR count). The third kappa shape index (κ3) is 8.14. The van der Waals surface area contributed by atoms with E-state index in [1.165, 1.54) is 12.1 Å². The van der Waals surface area contributed by atoms with E-state index >= 15 is 0 Å². The molecule has 0 aliphatic carbocycles. The number of aliphatic carboxylic acids is 1. The quantitative estimate of drug-likeness (QED) is 0.100. The van der Waals surface area contributed by atoms with E-state index in [-0.39, 0.29) is 30.2 Å². The molecule has 2 aliphatic heterocycles. The molecule has 3 amide bonds. The largest absolute Gasteiger partial charge is 0.480 e. The lowest BCUT2D eigenvalue weighted by Gasteiger charge is -2.33. The van der Waals surface area contributed by atoms with Crippen molar-refractivity contribution in [3.63, 3.8) is 0 Å². The van der Waals surface area contributed by atoms with Gasteiger partial charge in [-0.2, -0.15) is 0 Å². The number of primary amides is 1. The van der Waals surface area contributed by atoms with Gasteiger partial charge in [-0.25, -0.2) is 9.79 Å². The second-order valence-corrected chi connectivity index (χ2v) is 9.38. The summed E-state index contributed by atoms with van der Waals surface area (Å²) in [6.07, 6.45) is 0.919. The summed E-state index contributed by atoms with van der Waals surface area (Å²) in [5.41, 5.74) is 13.2. The van der Waals surface area contributed by atoms with E-state index < -0.39 is 29.6 Å². The van der Waals surface area contributed by atoms with Crippen LogP contribution in [0, 0.1) is 0 Å². The van der Waals surface area contributed by atoms with Crippen LogP contribution in [0.2, 0.25) is 0 Å². The number of oxime groups is 1. The SMILES string of the molecule is CC(NC(=O)c1ccc(/C(N)=N/O)cc1)C(=O)N1CCC(OCC(=O)O)CC1.[B]C1C(C(N)=O)=Nc2ccccc21. The number of nitrogens with two attached hydrogens (primary N) is 2. The number of likely N-dealkylation sites (tertiary alicyclic amines) is 1. The number of carboxylic acid groups (broad SMARTS) is 1. The van der Waals surface area contributed by atoms with Gasteiger partial charge < -0.3 is 36.7 Å². The fourth-order valence-corrected chi connectivity index (χ4v) is 4.30. The van der Waals surface area contributed by atoms with Gasteiger partial charge in [-0.05, 0) is 49.3 Å². The zero-order valence-electron chi connectivity index (χ0n) is 22.4. The summed E-state index contributed by atoms with van der Waals surface area (Å²) in [6, 6.07) is 12.8. The summed E-state index contributed by atoms with van der Waals surface area (Å²) < 4.78 is 5.25. The molecule has 2 aromatic rings. The van der Waals surface area contributed by atoms with Gasteiger partial charge in [-0.15, -0.1) is 0 Å². The summed E-state index contributed by atoms with van der Waals surface area (Å²) >= 11 is 0. The van der Waals surface area contributed by atoms with Crippen molar-refractivity contribution in [1.82, 2.24) is 10.2 Å². The molecule has 2 aromatic carbocycles. The number of carbonyl (C=O) groups is 4. The third-order valence-corrected chi connectivity index (χ3v) is 6.52. The summed E-state index contributed by atoms with van der Waals surface area (Å²) in [5.74, 6) is -2.72. The van der Waals surface area contributed by atoms with Gasteiger partial charge in [0.15, 0.2) is 5.84 Å². The van der Waals surface area contributed by atoms with Crippen molar-refractivity contribution < 1.29 is 34.2 Å². The van der Waals surface area contributed by atoms with Gasteiger partial charge >= 0.3 is 5.97 Å². The minimum atomic E-state index is -1.02. The lowest BCUT2D eigenvalue weighted by atomic mass is 9.78. The molecular formula is C27H31BN6O7. The number of carboxylic acids is 1. The maximum Gasteiger partial charge on any atom is 0.329 e. The first kappa shape index (κ1) is 30.8. The first-order chi connectivity index (χ1) is 19.5. The van der Waals surface area contributed by atoms with Crippen LogP contribution in [-0.2, 0) is 19.1 Å². The minimum absolute atomic E-state index is 0.0637. The molecule has 2 atom stereocenters. The number of para-hydroxylation sites is 1. The molecule has 2 heterocycles. The standard InChI is InChI=1S/C18H24N4O6.C9H7BN2O/c1-11(18(26)22-8-6-14(7-9-22)28-10-15(23)24)20-17(25)13-4-2-12(3-5-13)16(19)21-27;10-7-5-3-1-2-4-6(5)12-8(7)9(11)13/h2-5,11,14,27H,6-10H2,1H3,(H2,19,21)(H,20,25)(H,23,24);1-4,7H,(H2,11,13). The lowest BCUT2D eigenvalue weighted by Crippen LogP contribution is -2.50. The Morgan fingerprint density at radius 1 is 1.10 bits per heavy atom. The summed E-state index contributed by atoms with van der Waals surface area (Å²) in [5, 5.41) is 22.8. The molecule has 0 spiro atoms. The number of hydrogen-bond donors (Lipinski definition) is 5. The van der Waals surface area contributed by atoms with Crippen LogP contribution in [0.1, 0.15) is 47.1 Å². The van der Waals surface area contributed by atoms with Crippen molar-refractivity contribution in [2.24, 2.45) is 21.6 Å². The Bertz CT molecular complexity index is 1340. The molecule has 13 nitrogen and oxygen atoms in total. The number of nitrogens with zero attached hydrogens (tertiary/aromatic N) is 3. The monoisotopic (exact) mass is 562 g/mol. The zero-order valence-corrected chi connectivity index (χ0v) is 22.4. The van der Waals surface area contributed by atoms with E-state index in [4.69, 9.17) is 34.4 Å². The average molecular weight is 562 g/mol. The number of fused-ring (bicyclic) bond motifs is 1. The van der Waals surface area contributed by atoms with E-state index in [0.29, 0.717) is 37.1 Å². The normalized spacial score (nSPS) is 17.4. The van der Waals surface area contributed by atoms with E-state index in [1.807, 2.05) is 24.3 Å². The van der Waals surface area contributed by atoms with Crippen LogP contribution in [0.15, 0.2) is 58.7 Å². The first-order valence-corrected chi connectivity index (χ1v) is 12.8. The van der Waals surface area contributed by atoms with Gasteiger partial charge in [0.1, 0.15) is 18.4 Å². The molecule has 0 bridgehead atoms. The van der Waals surface area contributed by atoms with Crippen LogP contribution in [0.25, 0.3) is 0 Å². The number of carbonyl (C=O) groups excluding carboxylic acids is 3. The predicted octanol–water partition coefficient (Wildman–Crippen LogP) is 0.459. The molecule has 14 heteroatoms. The number of ether oxygens (including phenoxy) is 1. The van der Waals surface area contributed by atoms with Crippen LogP contribution >= 0.6 is 0 Å². The van der Waals surface area contributed by atoms with Crippen LogP contribution < -0.4 is 16.8 Å². The minimum Gasteiger partial charge on any atom is -0.480 e. The molecule has 0 aromatic heterocycles. The van der Waals surface area contributed by atoms with Gasteiger partial charge in [-0.3, -0.25) is 14.4 Å². The Hall–Kier alpha value is -4.72. The maximum absolute atomic E-state index is 12.5. The number of aliphatic imine (C=N–C) groups is 1. The molecule has 41 heavy (non-hydrogen) atoms. The highest BCUT2D eigenvalue weighted by Gasteiger charge is 2.28. The Balaban J connectivity index is 0.000000294. The number of piperidine rings is 1. The fraction of sp³-hybridized carbons (Fsp3) is 0.333. The Morgan fingerprint density at radius 3 is 2.27 bits per heavy atom. The average Bonchev–Trinajstić information content (AvgIpc) is 3.32. The fourth-order valence-electron chi connectivity index (χ4n) is 4.30. The topological polar surface area (TPSA) is 210 Å². The van der Waals surface area contributed by atoms with Crippen LogP contribution in [0.5, 0.6) is 0 Å². The van der Waals surface area contributed by atoms with Gasteiger partial charge in [0.05, 0.1) is 19.6 Å². The van der Waals surface area contributed by atoms with Crippen molar-refractivity contribution >= 4 is 48.8 Å². The van der Waals surface area contributed by atoms with E-state index in [2.05, 4.69) is 15.5 Å². The number of nitrogens with one attached hydrogen (secondary N) is 1. The highest BCUT2D eigenvalue weighted by Crippen LogP contribution is 2.32. The second kappa shape index (κ2) is 14.1. The predicted molar refractivity (Wildman–Crippen MR) is 150 cm³/mol. The number of amidine groups is 1. The molecule has 2 radical (unpaired) electrons. The smallest absolute Gasteiger partial charge is 0.329 e. The zero-order chi connectivity index (χ0) is 30.1. The van der Waals surface area contributed by atoms with Crippen molar-refractivity contribution in [2.75, 3.05) is 19.7 Å². The number of rotatable bonds is 8. The molecule has 1 saturated heterocycles. The molecule has 2 aliphatic rings. The highest BCUT2D eigenvalue weighted by atomic mass is 16.5. The van der Waals surface area contributed by atoms with Crippen LogP contribution in [0.3, 0.4) is 0 Å². The van der Waals surface area contributed by atoms with Crippen molar-refractivity contribution in [3.8, 4) is 0 Å². The summed E-state index contributed by atoms with van der Waals surface area (Å²) in [7, 11) is 5.76. The number of benzene rings is 2. The van der Waals surface area contributed by atoms with Crippen LogP contribution in [-0.4, -0.2) is 90.1 Å². The number of amides is 3. The Morgan fingerprint density at radius 2 is 1.71 bits per heavy atom. The second-order valence-electron chi connectivity index (χ2n) is 9.38. The Labute approximate surface area is 237 Å². The molecule has 0 saturated carbocycles. The first-order valence-electron chi connectivity index (χ1n) is 12.8. The molecule has 2 unspecified atom stereocenters. The number of hydrogen-bond acceptors (Lipinski definition) is 8. The van der Waals surface area contributed by atoms with E-state index in [1.54, 1.807) is 24.0 Å². The molecule has 1 fully saturated rings. The molecule has 214 valence electrons. The lowest BCUT2D eigenvalue weighted by molar-refractivity contribution is -0.147. The summed E-state index contributed by atoms with van der Waals surface area (Å²) in [4.78, 5) is 52.0. The van der Waals surface area contributed by atoms with E-state index in [9.17, 15) is 19.2 Å². The highest BCUT2D eigenvalue weighted by molar-refractivity contribution is 6.50. The van der Waals surface area contributed by atoms with Gasteiger partial charge in [-0.1, -0.05) is 35.5 Å². The van der Waals surface area contributed by atoms with Gasteiger partial charge in [0, 0.05) is 24.2 Å². The van der Waals surface area contributed by atoms with Crippen molar-refractivity contribution in [1.29, 1.82) is 0 Å². The summed E-state index contributed by atoms with van der Waals surface area (Å²) in [6.45, 7) is 2.15. The van der Waals surface area contributed by atoms with E-state index in [0.717, 1.165) is 11.3 Å². The molecular weight excluding hydrogens is 531 g/mol. The van der Waals surface area contributed by atoms with Gasteiger partial charge in [0.2, 0.25) is 5.91 Å². The molecule has 7 N–H and O–H groups in total. The third-order valence-electron chi connectivity index (χ3n) is 6.52.